The van der Waals surface area contributed by atoms with Crippen molar-refractivity contribution in [3.8, 4) is 11.5 Å². The zero-order chi connectivity index (χ0) is 23.7. The number of benzene rings is 2. The minimum Gasteiger partial charge on any atom is -0.493 e. The third-order valence-corrected chi connectivity index (χ3v) is 7.32. The number of carbonyl (C=O) groups excluding carboxylic acids is 1. The van der Waals surface area contributed by atoms with E-state index in [9.17, 15) is 13.2 Å². The molecular weight excluding hydrogens is 442 g/mol. The van der Waals surface area contributed by atoms with Gasteiger partial charge in [0.2, 0.25) is 10.0 Å². The fraction of sp³-hybridized carbons (Fsp3) is 0.417. The van der Waals surface area contributed by atoms with E-state index in [-0.39, 0.29) is 18.0 Å². The number of rotatable bonds is 9. The molecule has 8 nitrogen and oxygen atoms in total. The Labute approximate surface area is 195 Å². The van der Waals surface area contributed by atoms with E-state index < -0.39 is 15.9 Å². The van der Waals surface area contributed by atoms with Gasteiger partial charge in [-0.1, -0.05) is 43.2 Å². The Bertz CT molecular complexity index is 1060. The Kier molecular flexibility index (Phi) is 8.85. The molecule has 0 radical (unpaired) electrons. The number of sulfonamides is 1. The molecule has 178 valence electrons. The maximum atomic E-state index is 13.5. The van der Waals surface area contributed by atoms with Crippen molar-refractivity contribution in [2.24, 2.45) is 5.10 Å². The average Bonchev–Trinajstić information content (AvgIpc) is 3.11. The Balaban J connectivity index is 1.84. The van der Waals surface area contributed by atoms with Crippen molar-refractivity contribution < 1.29 is 22.7 Å². The quantitative estimate of drug-likeness (QED) is 0.442. The van der Waals surface area contributed by atoms with Gasteiger partial charge in [0, 0.05) is 18.3 Å². The summed E-state index contributed by atoms with van der Waals surface area (Å²) in [6, 6.07) is 13.5. The molecule has 0 saturated heterocycles. The number of methoxy groups -OCH3 is 2. The van der Waals surface area contributed by atoms with Crippen LogP contribution in [0.4, 0.5) is 0 Å². The molecule has 33 heavy (non-hydrogen) atoms. The van der Waals surface area contributed by atoms with E-state index in [1.807, 2.05) is 30.3 Å². The van der Waals surface area contributed by atoms with Crippen LogP contribution in [0.2, 0.25) is 0 Å². The minimum atomic E-state index is -4.01. The summed E-state index contributed by atoms with van der Waals surface area (Å²) in [6.45, 7) is -0.316. The SMILES string of the molecule is COc1ccc(S(=O)(=O)N(CC(=O)NN=C2CCCCCC2)Cc2ccccc2)cc1OC. The second-order valence-electron chi connectivity index (χ2n) is 7.90. The van der Waals surface area contributed by atoms with E-state index >= 15 is 0 Å². The summed E-state index contributed by atoms with van der Waals surface area (Å²) in [5.74, 6) is 0.234. The van der Waals surface area contributed by atoms with Gasteiger partial charge < -0.3 is 9.47 Å². The van der Waals surface area contributed by atoms with E-state index in [2.05, 4.69) is 10.5 Å². The number of ether oxygens (including phenoxy) is 2. The van der Waals surface area contributed by atoms with Crippen molar-refractivity contribution in [3.05, 3.63) is 54.1 Å². The first-order valence-electron chi connectivity index (χ1n) is 11.0. The fourth-order valence-corrected chi connectivity index (χ4v) is 5.12. The van der Waals surface area contributed by atoms with Crippen molar-refractivity contribution in [3.63, 3.8) is 0 Å². The Morgan fingerprint density at radius 3 is 2.27 bits per heavy atom. The van der Waals surface area contributed by atoms with Crippen LogP contribution in [0.15, 0.2) is 58.5 Å². The number of hydrogen-bond acceptors (Lipinski definition) is 6. The summed E-state index contributed by atoms with van der Waals surface area (Å²) in [6.07, 6.45) is 6.17. The molecule has 0 aromatic heterocycles. The van der Waals surface area contributed by atoms with Crippen molar-refractivity contribution in [2.75, 3.05) is 20.8 Å². The first-order valence-corrected chi connectivity index (χ1v) is 12.5. The average molecular weight is 474 g/mol. The second-order valence-corrected chi connectivity index (χ2v) is 9.84. The molecule has 2 aromatic carbocycles. The lowest BCUT2D eigenvalue weighted by molar-refractivity contribution is -0.121. The van der Waals surface area contributed by atoms with E-state index in [1.54, 1.807) is 0 Å². The standard InChI is InChI=1S/C24H31N3O5S/c1-31-22-15-14-21(16-23(22)32-2)33(29,30)27(17-19-10-6-5-7-11-19)18-24(28)26-25-20-12-8-3-4-9-13-20/h5-7,10-11,14-16H,3-4,8-9,12-13,17-18H2,1-2H3,(H,26,28). The molecule has 2 aromatic rings. The molecule has 0 unspecified atom stereocenters. The van der Waals surface area contributed by atoms with E-state index in [0.29, 0.717) is 11.5 Å². The lowest BCUT2D eigenvalue weighted by Gasteiger charge is -2.22. The van der Waals surface area contributed by atoms with Crippen molar-refractivity contribution in [1.29, 1.82) is 0 Å². The molecule has 0 spiro atoms. The molecule has 0 bridgehead atoms. The maximum Gasteiger partial charge on any atom is 0.255 e. The van der Waals surface area contributed by atoms with Gasteiger partial charge in [-0.2, -0.15) is 9.41 Å². The van der Waals surface area contributed by atoms with Gasteiger partial charge in [-0.15, -0.1) is 0 Å². The van der Waals surface area contributed by atoms with Crippen LogP contribution in [-0.4, -0.2) is 45.1 Å². The van der Waals surface area contributed by atoms with Gasteiger partial charge in [0.25, 0.3) is 5.91 Å². The summed E-state index contributed by atoms with van der Waals surface area (Å²) < 4.78 is 38.6. The number of hydrazone groups is 1. The number of carbonyl (C=O) groups is 1. The van der Waals surface area contributed by atoms with Crippen LogP contribution in [-0.2, 0) is 21.4 Å². The van der Waals surface area contributed by atoms with Gasteiger partial charge in [0.05, 0.1) is 25.7 Å². The molecular formula is C24H31N3O5S. The van der Waals surface area contributed by atoms with Gasteiger partial charge in [-0.05, 0) is 43.4 Å². The molecule has 0 aliphatic heterocycles. The van der Waals surface area contributed by atoms with Crippen molar-refractivity contribution in [1.82, 2.24) is 9.73 Å². The molecule has 9 heteroatoms. The third-order valence-electron chi connectivity index (χ3n) is 5.53. The topological polar surface area (TPSA) is 97.3 Å². The van der Waals surface area contributed by atoms with Crippen LogP contribution in [0.1, 0.15) is 44.1 Å². The summed E-state index contributed by atoms with van der Waals surface area (Å²) in [5.41, 5.74) is 4.28. The molecule has 1 saturated carbocycles. The smallest absolute Gasteiger partial charge is 0.255 e. The predicted molar refractivity (Wildman–Crippen MR) is 127 cm³/mol. The first kappa shape index (κ1) is 24.7. The normalized spacial score (nSPS) is 14.5. The summed E-state index contributed by atoms with van der Waals surface area (Å²) in [5, 5.41) is 4.27. The highest BCUT2D eigenvalue weighted by atomic mass is 32.2. The van der Waals surface area contributed by atoms with Gasteiger partial charge in [-0.25, -0.2) is 13.8 Å². The summed E-state index contributed by atoms with van der Waals surface area (Å²) in [4.78, 5) is 12.7. The molecule has 0 heterocycles. The lowest BCUT2D eigenvalue weighted by atomic mass is 10.2. The molecule has 1 N–H and O–H groups in total. The van der Waals surface area contributed by atoms with Crippen molar-refractivity contribution in [2.45, 2.75) is 50.0 Å². The van der Waals surface area contributed by atoms with Crippen LogP contribution in [0.3, 0.4) is 0 Å². The zero-order valence-electron chi connectivity index (χ0n) is 19.1. The summed E-state index contributed by atoms with van der Waals surface area (Å²) >= 11 is 0. The van der Waals surface area contributed by atoms with E-state index in [4.69, 9.17) is 9.47 Å². The highest BCUT2D eigenvalue weighted by Gasteiger charge is 2.28. The molecule has 3 rings (SSSR count). The summed E-state index contributed by atoms with van der Waals surface area (Å²) in [7, 11) is -1.09. The van der Waals surface area contributed by atoms with Crippen LogP contribution in [0.5, 0.6) is 11.5 Å². The molecule has 1 aliphatic rings. The monoisotopic (exact) mass is 473 g/mol. The fourth-order valence-electron chi connectivity index (χ4n) is 3.72. The maximum absolute atomic E-state index is 13.5. The molecule has 0 atom stereocenters. The lowest BCUT2D eigenvalue weighted by Crippen LogP contribution is -2.39. The minimum absolute atomic E-state index is 0.0129. The van der Waals surface area contributed by atoms with Crippen molar-refractivity contribution >= 4 is 21.6 Å². The number of nitrogens with one attached hydrogen (secondary N) is 1. The van der Waals surface area contributed by atoms with Gasteiger partial charge >= 0.3 is 0 Å². The number of amides is 1. The molecule has 1 fully saturated rings. The highest BCUT2D eigenvalue weighted by Crippen LogP contribution is 2.31. The van der Waals surface area contributed by atoms with Crippen LogP contribution < -0.4 is 14.9 Å². The van der Waals surface area contributed by atoms with E-state index in [0.717, 1.165) is 41.3 Å². The molecule has 1 amide bonds. The zero-order valence-corrected chi connectivity index (χ0v) is 19.9. The molecule has 1 aliphatic carbocycles. The van der Waals surface area contributed by atoms with Gasteiger partial charge in [-0.3, -0.25) is 4.79 Å². The third kappa shape index (κ3) is 6.79. The number of nitrogens with zero attached hydrogens (tertiary/aromatic N) is 2. The Morgan fingerprint density at radius 1 is 0.970 bits per heavy atom. The Hall–Kier alpha value is -2.91. The largest absolute Gasteiger partial charge is 0.493 e. The highest BCUT2D eigenvalue weighted by molar-refractivity contribution is 7.89. The van der Waals surface area contributed by atoms with Crippen LogP contribution >= 0.6 is 0 Å². The second kappa shape index (κ2) is 11.8. The van der Waals surface area contributed by atoms with E-state index in [1.165, 1.54) is 45.3 Å². The van der Waals surface area contributed by atoms with Gasteiger partial charge in [0.15, 0.2) is 11.5 Å². The van der Waals surface area contributed by atoms with Gasteiger partial charge in [0.1, 0.15) is 0 Å². The van der Waals surface area contributed by atoms with Crippen LogP contribution in [0, 0.1) is 0 Å². The predicted octanol–water partition coefficient (Wildman–Crippen LogP) is 3.72. The first-order chi connectivity index (χ1) is 15.9. The van der Waals surface area contributed by atoms with Crippen LogP contribution in [0.25, 0.3) is 0 Å². The Morgan fingerprint density at radius 2 is 1.64 bits per heavy atom. The number of hydrogen-bond donors (Lipinski definition) is 1.